The number of guanidine groups is 1. The fraction of sp³-hybridized carbons (Fsp3) is 0.559. The van der Waals surface area contributed by atoms with E-state index in [2.05, 4.69) is 44.3 Å². The molecule has 1 saturated carbocycles. The number of nitrogens with one attached hydrogen (secondary N) is 1. The Balaban J connectivity index is 1.28. The number of aryl methyl sites for hydroxylation is 1. The predicted molar refractivity (Wildman–Crippen MR) is 160 cm³/mol. The molecule has 0 saturated heterocycles. The Morgan fingerprint density at radius 3 is 2.71 bits per heavy atom. The zero-order valence-electron chi connectivity index (χ0n) is 24.9. The summed E-state index contributed by atoms with van der Waals surface area (Å²) in [6.45, 7) is 6.71. The van der Waals surface area contributed by atoms with Crippen LogP contribution in [0, 0.1) is 17.8 Å². The summed E-state index contributed by atoms with van der Waals surface area (Å²) < 4.78 is 12.6. The van der Waals surface area contributed by atoms with Gasteiger partial charge in [-0.15, -0.1) is 0 Å². The molecule has 0 aromatic heterocycles. The summed E-state index contributed by atoms with van der Waals surface area (Å²) in [6.07, 6.45) is 6.25. The molecule has 4 bridgehead atoms. The number of aliphatic imine (C=N–C) groups is 1. The maximum Gasteiger partial charge on any atom is 0.232 e. The molecule has 2 aromatic rings. The van der Waals surface area contributed by atoms with Crippen LogP contribution in [0.2, 0.25) is 0 Å². The number of hydrogen-bond acceptors (Lipinski definition) is 6. The fourth-order valence-electron chi connectivity index (χ4n) is 7.95. The summed E-state index contributed by atoms with van der Waals surface area (Å²) in [4.78, 5) is 34.6. The number of carbonyl (C=O) groups is 2. The third kappa shape index (κ3) is 4.73. The highest BCUT2D eigenvalue weighted by Gasteiger charge is 2.55. The van der Waals surface area contributed by atoms with Crippen LogP contribution in [0.3, 0.4) is 0 Å². The monoisotopic (exact) mass is 570 g/mol. The van der Waals surface area contributed by atoms with Crippen LogP contribution >= 0.6 is 0 Å². The number of hydrogen-bond donors (Lipinski definition) is 2. The fourth-order valence-corrected chi connectivity index (χ4v) is 7.95. The zero-order valence-corrected chi connectivity index (χ0v) is 24.9. The van der Waals surface area contributed by atoms with Crippen molar-refractivity contribution in [3.05, 3.63) is 59.2 Å². The van der Waals surface area contributed by atoms with Gasteiger partial charge in [0.1, 0.15) is 17.1 Å². The second kappa shape index (κ2) is 10.0. The molecule has 2 amide bonds. The van der Waals surface area contributed by atoms with Crippen LogP contribution in [0.4, 0.5) is 0 Å². The number of benzene rings is 2. The van der Waals surface area contributed by atoms with Gasteiger partial charge in [-0.2, -0.15) is 0 Å². The van der Waals surface area contributed by atoms with E-state index in [1.807, 2.05) is 24.3 Å². The van der Waals surface area contributed by atoms with Gasteiger partial charge in [0, 0.05) is 29.4 Å². The van der Waals surface area contributed by atoms with Gasteiger partial charge in [0.05, 0.1) is 30.7 Å². The summed E-state index contributed by atoms with van der Waals surface area (Å²) >= 11 is 0. The number of nitrogens with zero attached hydrogens (tertiary/aromatic N) is 2. The van der Waals surface area contributed by atoms with Crippen molar-refractivity contribution in [1.82, 2.24) is 10.2 Å². The van der Waals surface area contributed by atoms with E-state index >= 15 is 0 Å². The Kier molecular flexibility index (Phi) is 6.51. The number of rotatable bonds is 1. The van der Waals surface area contributed by atoms with E-state index in [-0.39, 0.29) is 47.3 Å². The number of amides is 2. The number of nitrogens with two attached hydrogens (primary N) is 1. The molecule has 1 aliphatic carbocycles. The summed E-state index contributed by atoms with van der Waals surface area (Å²) in [5.41, 5.74) is 9.12. The number of para-hydroxylation sites is 1. The van der Waals surface area contributed by atoms with E-state index < -0.39 is 5.54 Å². The normalized spacial score (nSPS) is 33.4. The number of fused-ring (bicyclic) bond motifs is 6. The second-order valence-corrected chi connectivity index (χ2v) is 13.7. The summed E-state index contributed by atoms with van der Waals surface area (Å²) in [6, 6.07) is 13.9. The van der Waals surface area contributed by atoms with Crippen molar-refractivity contribution in [2.75, 3.05) is 6.61 Å². The van der Waals surface area contributed by atoms with Gasteiger partial charge in [0.25, 0.3) is 0 Å². The van der Waals surface area contributed by atoms with Gasteiger partial charge >= 0.3 is 0 Å². The molecule has 5 heterocycles. The third-order valence-electron chi connectivity index (χ3n) is 10.3. The first-order chi connectivity index (χ1) is 20.2. The molecule has 8 heteroatoms. The minimum Gasteiger partial charge on any atom is -0.493 e. The molecule has 0 radical (unpaired) electrons. The van der Waals surface area contributed by atoms with Gasteiger partial charge in [0.2, 0.25) is 11.8 Å². The standard InChI is InChI=1S/C34H42N4O4/c1-4-34-14-8-7-9-20-12-13-28-24(15-20)26(17-33(2,3)42-28)36-31(40)23-16-22(23)25-19-41-27-11-6-5-10-21(27)30(25)38(29(39)18-34)32(35)37-34/h5-6,10-13,15,22-23,25-26,30H,4,7-9,14,16-19H2,1-3H3,(H2,35,37)(H,36,40)/t22?,23-,25?,26-,30?,34+/m0/s1. The van der Waals surface area contributed by atoms with Gasteiger partial charge in [-0.1, -0.05) is 43.7 Å². The predicted octanol–water partition coefficient (Wildman–Crippen LogP) is 5.21. The Labute approximate surface area is 248 Å². The lowest BCUT2D eigenvalue weighted by molar-refractivity contribution is -0.133. The topological polar surface area (TPSA) is 106 Å². The maximum absolute atomic E-state index is 14.0. The van der Waals surface area contributed by atoms with E-state index in [0.717, 1.165) is 61.2 Å². The van der Waals surface area contributed by atoms with Crippen molar-refractivity contribution in [3.63, 3.8) is 0 Å². The van der Waals surface area contributed by atoms with Crippen LogP contribution < -0.4 is 20.5 Å². The van der Waals surface area contributed by atoms with Crippen LogP contribution in [-0.4, -0.2) is 40.4 Å². The molecule has 5 aliphatic heterocycles. The van der Waals surface area contributed by atoms with Crippen molar-refractivity contribution >= 4 is 17.8 Å². The van der Waals surface area contributed by atoms with Crippen LogP contribution in [0.15, 0.2) is 47.5 Å². The summed E-state index contributed by atoms with van der Waals surface area (Å²) in [5, 5.41) is 3.41. The van der Waals surface area contributed by atoms with Gasteiger partial charge in [-0.3, -0.25) is 14.5 Å². The van der Waals surface area contributed by atoms with Crippen molar-refractivity contribution in [2.45, 2.75) is 95.4 Å². The van der Waals surface area contributed by atoms with E-state index in [9.17, 15) is 9.59 Å². The van der Waals surface area contributed by atoms with Crippen LogP contribution in [0.25, 0.3) is 0 Å². The average molecular weight is 571 g/mol. The van der Waals surface area contributed by atoms with Crippen LogP contribution in [0.1, 0.15) is 94.5 Å². The molecule has 0 spiro atoms. The van der Waals surface area contributed by atoms with Crippen molar-refractivity contribution < 1.29 is 19.1 Å². The molecule has 6 aliphatic rings. The van der Waals surface area contributed by atoms with Crippen molar-refractivity contribution in [1.29, 1.82) is 0 Å². The van der Waals surface area contributed by atoms with Crippen LogP contribution in [0.5, 0.6) is 11.5 Å². The Morgan fingerprint density at radius 2 is 1.90 bits per heavy atom. The molecule has 222 valence electrons. The molecule has 8 rings (SSSR count). The highest BCUT2D eigenvalue weighted by Crippen LogP contribution is 2.54. The lowest BCUT2D eigenvalue weighted by atomic mass is 9.81. The van der Waals surface area contributed by atoms with Crippen LogP contribution in [-0.2, 0) is 16.0 Å². The molecule has 42 heavy (non-hydrogen) atoms. The molecule has 3 N–H and O–H groups in total. The van der Waals surface area contributed by atoms with Crippen molar-refractivity contribution in [2.24, 2.45) is 28.5 Å². The maximum atomic E-state index is 14.0. The van der Waals surface area contributed by atoms with E-state index in [1.54, 1.807) is 4.90 Å². The largest absolute Gasteiger partial charge is 0.493 e. The second-order valence-electron chi connectivity index (χ2n) is 13.7. The molecular weight excluding hydrogens is 528 g/mol. The molecule has 8 nitrogen and oxygen atoms in total. The molecular formula is C34H42N4O4. The smallest absolute Gasteiger partial charge is 0.232 e. The van der Waals surface area contributed by atoms with E-state index in [0.29, 0.717) is 25.4 Å². The quantitative estimate of drug-likeness (QED) is 0.490. The molecule has 1 fully saturated rings. The number of ether oxygens (including phenoxy) is 2. The van der Waals surface area contributed by atoms with Gasteiger partial charge in [-0.25, -0.2) is 4.99 Å². The molecule has 3 unspecified atom stereocenters. The highest BCUT2D eigenvalue weighted by atomic mass is 16.5. The highest BCUT2D eigenvalue weighted by molar-refractivity contribution is 5.99. The summed E-state index contributed by atoms with van der Waals surface area (Å²) in [5.74, 6) is 1.89. The number of carbonyl (C=O) groups excluding carboxylic acids is 2. The minimum atomic E-state index is -0.480. The summed E-state index contributed by atoms with van der Waals surface area (Å²) in [7, 11) is 0. The zero-order chi connectivity index (χ0) is 29.2. The Bertz CT molecular complexity index is 1450. The molecule has 2 aromatic carbocycles. The lowest BCUT2D eigenvalue weighted by Crippen LogP contribution is -2.55. The minimum absolute atomic E-state index is 0.0171. The Morgan fingerprint density at radius 1 is 1.07 bits per heavy atom. The first-order valence-corrected chi connectivity index (χ1v) is 15.7. The first-order valence-electron chi connectivity index (χ1n) is 15.7. The average Bonchev–Trinajstić information content (AvgIpc) is 3.75. The Hall–Kier alpha value is -3.55. The third-order valence-corrected chi connectivity index (χ3v) is 10.3. The molecule has 6 atom stereocenters. The van der Waals surface area contributed by atoms with E-state index in [4.69, 9.17) is 20.2 Å². The SMILES string of the molecule is CC[C@@]12CCCCc3ccc4c(c3)[C@H](CC(C)(C)O4)NC(=O)[C@H]3CC3C3COc4ccccc4C3N(C(=O)C1)C(N)=N2. The van der Waals surface area contributed by atoms with Gasteiger partial charge in [0.15, 0.2) is 5.96 Å². The van der Waals surface area contributed by atoms with Gasteiger partial charge in [-0.05, 0) is 69.6 Å². The van der Waals surface area contributed by atoms with E-state index in [1.165, 1.54) is 5.56 Å². The lowest BCUT2D eigenvalue weighted by Gasteiger charge is -2.45. The van der Waals surface area contributed by atoms with Gasteiger partial charge < -0.3 is 20.5 Å². The van der Waals surface area contributed by atoms with Crippen molar-refractivity contribution in [3.8, 4) is 11.5 Å². The first kappa shape index (κ1) is 27.3.